The SMILES string of the molecule is CO[C@@H]1CCC[C@@H](N(C)C(=O)CNS(C)(=O)=O)[C@H]1O. The number of hydrogen-bond donors (Lipinski definition) is 2. The Morgan fingerprint density at radius 2 is 2.11 bits per heavy atom. The first kappa shape index (κ1) is 16.4. The Kier molecular flexibility index (Phi) is 5.72. The van der Waals surface area contributed by atoms with Crippen molar-refractivity contribution in [3.63, 3.8) is 0 Å². The predicted molar refractivity (Wildman–Crippen MR) is 70.1 cm³/mol. The van der Waals surface area contributed by atoms with Crippen LogP contribution in [0.25, 0.3) is 0 Å². The van der Waals surface area contributed by atoms with E-state index in [1.807, 2.05) is 0 Å². The first-order valence-corrected chi connectivity index (χ1v) is 8.06. The van der Waals surface area contributed by atoms with E-state index in [0.29, 0.717) is 6.42 Å². The molecular formula is C11H22N2O5S. The maximum atomic E-state index is 11.9. The predicted octanol–water partition coefficient (Wildman–Crippen LogP) is -1.08. The molecule has 19 heavy (non-hydrogen) atoms. The molecular weight excluding hydrogens is 272 g/mol. The van der Waals surface area contributed by atoms with Crippen LogP contribution in [0.5, 0.6) is 0 Å². The minimum atomic E-state index is -3.40. The monoisotopic (exact) mass is 294 g/mol. The Balaban J connectivity index is 2.60. The number of ether oxygens (including phenoxy) is 1. The fraction of sp³-hybridized carbons (Fsp3) is 0.909. The van der Waals surface area contributed by atoms with E-state index in [4.69, 9.17) is 4.74 Å². The van der Waals surface area contributed by atoms with E-state index in [9.17, 15) is 18.3 Å². The van der Waals surface area contributed by atoms with Crippen LogP contribution in [0.4, 0.5) is 0 Å². The Morgan fingerprint density at radius 3 is 2.63 bits per heavy atom. The highest BCUT2D eigenvalue weighted by molar-refractivity contribution is 7.88. The topological polar surface area (TPSA) is 95.9 Å². The van der Waals surface area contributed by atoms with Crippen LogP contribution < -0.4 is 4.72 Å². The molecule has 0 saturated heterocycles. The quantitative estimate of drug-likeness (QED) is 0.672. The first-order valence-electron chi connectivity index (χ1n) is 6.17. The van der Waals surface area contributed by atoms with E-state index in [1.54, 1.807) is 7.05 Å². The average Bonchev–Trinajstić information content (AvgIpc) is 2.34. The van der Waals surface area contributed by atoms with Crippen LogP contribution in [0.3, 0.4) is 0 Å². The Labute approximate surface area is 114 Å². The Morgan fingerprint density at radius 1 is 1.47 bits per heavy atom. The maximum absolute atomic E-state index is 11.9. The molecule has 0 heterocycles. The zero-order valence-corrected chi connectivity index (χ0v) is 12.3. The molecule has 1 aliphatic rings. The minimum absolute atomic E-state index is 0.281. The number of aliphatic hydroxyl groups is 1. The fourth-order valence-electron chi connectivity index (χ4n) is 2.30. The van der Waals surface area contributed by atoms with E-state index in [0.717, 1.165) is 19.1 Å². The van der Waals surface area contributed by atoms with Crippen LogP contribution in [-0.4, -0.2) is 69.5 Å². The van der Waals surface area contributed by atoms with Crippen molar-refractivity contribution in [2.75, 3.05) is 27.0 Å². The number of sulfonamides is 1. The van der Waals surface area contributed by atoms with Gasteiger partial charge >= 0.3 is 0 Å². The molecule has 0 spiro atoms. The highest BCUT2D eigenvalue weighted by Gasteiger charge is 2.35. The molecule has 1 saturated carbocycles. The van der Waals surface area contributed by atoms with Crippen molar-refractivity contribution in [3.05, 3.63) is 0 Å². The second kappa shape index (κ2) is 6.65. The van der Waals surface area contributed by atoms with Gasteiger partial charge in [0, 0.05) is 14.2 Å². The summed E-state index contributed by atoms with van der Waals surface area (Å²) in [6, 6.07) is -0.340. The number of nitrogens with one attached hydrogen (secondary N) is 1. The third-order valence-electron chi connectivity index (χ3n) is 3.44. The summed E-state index contributed by atoms with van der Waals surface area (Å²) in [5.41, 5.74) is 0. The summed E-state index contributed by atoms with van der Waals surface area (Å²) in [4.78, 5) is 13.3. The lowest BCUT2D eigenvalue weighted by molar-refractivity contribution is -0.138. The number of methoxy groups -OCH3 is 1. The maximum Gasteiger partial charge on any atom is 0.237 e. The number of amides is 1. The molecule has 8 heteroatoms. The summed E-state index contributed by atoms with van der Waals surface area (Å²) >= 11 is 0. The molecule has 1 rings (SSSR count). The summed E-state index contributed by atoms with van der Waals surface area (Å²) in [5, 5.41) is 10.1. The van der Waals surface area contributed by atoms with Gasteiger partial charge in [-0.2, -0.15) is 0 Å². The zero-order valence-electron chi connectivity index (χ0n) is 11.5. The fourth-order valence-corrected chi connectivity index (χ4v) is 2.69. The van der Waals surface area contributed by atoms with Crippen LogP contribution in [0, 0.1) is 0 Å². The highest BCUT2D eigenvalue weighted by atomic mass is 32.2. The van der Waals surface area contributed by atoms with Crippen molar-refractivity contribution in [2.24, 2.45) is 0 Å². The van der Waals surface area contributed by atoms with Gasteiger partial charge < -0.3 is 14.7 Å². The molecule has 0 unspecified atom stereocenters. The third-order valence-corrected chi connectivity index (χ3v) is 4.11. The Bertz CT molecular complexity index is 411. The molecule has 1 aliphatic carbocycles. The van der Waals surface area contributed by atoms with Crippen molar-refractivity contribution in [1.82, 2.24) is 9.62 Å². The lowest BCUT2D eigenvalue weighted by Gasteiger charge is -2.39. The molecule has 3 atom stereocenters. The normalized spacial score (nSPS) is 28.1. The lowest BCUT2D eigenvalue weighted by Crippen LogP contribution is -2.53. The van der Waals surface area contributed by atoms with Crippen molar-refractivity contribution < 1.29 is 23.1 Å². The third kappa shape index (κ3) is 4.72. The summed E-state index contributed by atoms with van der Waals surface area (Å²) < 4.78 is 29.2. The van der Waals surface area contributed by atoms with Gasteiger partial charge in [0.25, 0.3) is 0 Å². The summed E-state index contributed by atoms with van der Waals surface area (Å²) in [7, 11) is -0.298. The van der Waals surface area contributed by atoms with Gasteiger partial charge in [-0.05, 0) is 19.3 Å². The first-order chi connectivity index (χ1) is 8.76. The van der Waals surface area contributed by atoms with Crippen molar-refractivity contribution in [3.8, 4) is 0 Å². The largest absolute Gasteiger partial charge is 0.388 e. The number of carbonyl (C=O) groups excluding carboxylic acids is 1. The molecule has 7 nitrogen and oxygen atoms in total. The van der Waals surface area contributed by atoms with Crippen LogP contribution in [0.15, 0.2) is 0 Å². The van der Waals surface area contributed by atoms with E-state index in [1.165, 1.54) is 12.0 Å². The van der Waals surface area contributed by atoms with Gasteiger partial charge in [0.15, 0.2) is 0 Å². The minimum Gasteiger partial charge on any atom is -0.388 e. The molecule has 0 bridgehead atoms. The van der Waals surface area contributed by atoms with Gasteiger partial charge in [-0.3, -0.25) is 4.79 Å². The van der Waals surface area contributed by atoms with Gasteiger partial charge in [0.1, 0.15) is 6.10 Å². The van der Waals surface area contributed by atoms with E-state index in [-0.39, 0.29) is 24.6 Å². The molecule has 0 aromatic carbocycles. The number of hydrogen-bond acceptors (Lipinski definition) is 5. The second-order valence-electron chi connectivity index (χ2n) is 4.86. The van der Waals surface area contributed by atoms with Crippen molar-refractivity contribution in [2.45, 2.75) is 37.5 Å². The van der Waals surface area contributed by atoms with Gasteiger partial charge in [-0.1, -0.05) is 0 Å². The number of nitrogens with zero attached hydrogens (tertiary/aromatic N) is 1. The molecule has 0 aromatic rings. The van der Waals surface area contributed by atoms with E-state index < -0.39 is 16.1 Å². The van der Waals surface area contributed by atoms with Crippen molar-refractivity contribution in [1.29, 1.82) is 0 Å². The average molecular weight is 294 g/mol. The molecule has 112 valence electrons. The van der Waals surface area contributed by atoms with Crippen LogP contribution in [0.1, 0.15) is 19.3 Å². The number of carbonyl (C=O) groups is 1. The molecule has 1 amide bonds. The van der Waals surface area contributed by atoms with Gasteiger partial charge in [0.2, 0.25) is 15.9 Å². The van der Waals surface area contributed by atoms with E-state index in [2.05, 4.69) is 4.72 Å². The molecule has 1 fully saturated rings. The van der Waals surface area contributed by atoms with Gasteiger partial charge in [-0.25, -0.2) is 13.1 Å². The summed E-state index contributed by atoms with van der Waals surface area (Å²) in [6.45, 7) is -0.295. The summed E-state index contributed by atoms with van der Waals surface area (Å²) in [5.74, 6) is -0.369. The highest BCUT2D eigenvalue weighted by Crippen LogP contribution is 2.24. The molecule has 0 aromatic heterocycles. The molecule has 0 radical (unpaired) electrons. The van der Waals surface area contributed by atoms with Gasteiger partial charge in [0.05, 0.1) is 24.9 Å². The smallest absolute Gasteiger partial charge is 0.237 e. The number of aliphatic hydroxyl groups excluding tert-OH is 1. The molecule has 0 aliphatic heterocycles. The number of rotatable bonds is 5. The van der Waals surface area contributed by atoms with Crippen LogP contribution >= 0.6 is 0 Å². The Hall–Kier alpha value is -0.700. The number of likely N-dealkylation sites (N-methyl/N-ethyl adjacent to an activating group) is 1. The molecule has 2 N–H and O–H groups in total. The second-order valence-corrected chi connectivity index (χ2v) is 6.69. The van der Waals surface area contributed by atoms with Crippen molar-refractivity contribution >= 4 is 15.9 Å². The zero-order chi connectivity index (χ0) is 14.6. The van der Waals surface area contributed by atoms with Gasteiger partial charge in [-0.15, -0.1) is 0 Å². The summed E-state index contributed by atoms with van der Waals surface area (Å²) in [6.07, 6.45) is 2.27. The van der Waals surface area contributed by atoms with Crippen LogP contribution in [0.2, 0.25) is 0 Å². The lowest BCUT2D eigenvalue weighted by atomic mass is 9.89. The van der Waals surface area contributed by atoms with Crippen LogP contribution in [-0.2, 0) is 19.6 Å². The van der Waals surface area contributed by atoms with E-state index >= 15 is 0 Å². The standard InChI is InChI=1S/C11H22N2O5S/c1-13(10(14)7-12-19(3,16)17)8-5-4-6-9(18-2)11(8)15/h8-9,11-12,15H,4-7H2,1-3H3/t8-,9-,11-/m1/s1.